The second-order valence-electron chi connectivity index (χ2n) is 1.61. The summed E-state index contributed by atoms with van der Waals surface area (Å²) < 4.78 is 0. The third kappa shape index (κ3) is 3.86. The van der Waals surface area contributed by atoms with Crippen LogP contribution in [0.1, 0.15) is 6.92 Å². The molecule has 0 aliphatic carbocycles. The van der Waals surface area contributed by atoms with Gasteiger partial charge < -0.3 is 0 Å². The quantitative estimate of drug-likeness (QED) is 0.261. The van der Waals surface area contributed by atoms with E-state index in [1.807, 2.05) is 24.6 Å². The van der Waals surface area contributed by atoms with Crippen molar-refractivity contribution in [3.63, 3.8) is 0 Å². The molecule has 0 bridgehead atoms. The van der Waals surface area contributed by atoms with Crippen molar-refractivity contribution in [2.75, 3.05) is 7.05 Å². The first-order valence-corrected chi connectivity index (χ1v) is 3.01. The van der Waals surface area contributed by atoms with Crippen LogP contribution in [0.3, 0.4) is 0 Å². The predicted octanol–water partition coefficient (Wildman–Crippen LogP) is 1.13. The zero-order valence-corrected chi connectivity index (χ0v) is 6.20. The minimum atomic E-state index is 0.443. The molecule has 0 aromatic rings. The first kappa shape index (κ1) is 8.91. The van der Waals surface area contributed by atoms with Crippen LogP contribution in [0.2, 0.25) is 0 Å². The molecule has 0 aliphatic rings. The summed E-state index contributed by atoms with van der Waals surface area (Å²) in [6, 6.07) is 0. The number of hydrogen-bond donors (Lipinski definition) is 2. The molecule has 0 saturated heterocycles. The highest BCUT2D eigenvalue weighted by molar-refractivity contribution is 5.92. The number of nitrogens with zero attached hydrogens (tertiary/aromatic N) is 1. The van der Waals surface area contributed by atoms with Crippen molar-refractivity contribution in [1.29, 1.82) is 0 Å². The Hall–Kier alpha value is -1.09. The maximum atomic E-state index is 8.37. The number of rotatable bonds is 2. The molecule has 0 heterocycles. The lowest BCUT2D eigenvalue weighted by Gasteiger charge is -1.92. The van der Waals surface area contributed by atoms with Gasteiger partial charge >= 0.3 is 0 Å². The third-order valence-corrected chi connectivity index (χ3v) is 0.913. The van der Waals surface area contributed by atoms with Crippen molar-refractivity contribution < 1.29 is 5.21 Å². The van der Waals surface area contributed by atoms with Gasteiger partial charge in [0.05, 0.1) is 0 Å². The van der Waals surface area contributed by atoms with Crippen LogP contribution in [0.25, 0.3) is 0 Å². The van der Waals surface area contributed by atoms with Crippen molar-refractivity contribution in [3.8, 4) is 0 Å². The van der Waals surface area contributed by atoms with Gasteiger partial charge in [-0.25, -0.2) is 0 Å². The summed E-state index contributed by atoms with van der Waals surface area (Å²) in [6.07, 6.45) is 7.19. The second-order valence-corrected chi connectivity index (χ2v) is 1.61. The van der Waals surface area contributed by atoms with E-state index < -0.39 is 0 Å². The summed E-state index contributed by atoms with van der Waals surface area (Å²) in [6.45, 7) is 1.92. The maximum Gasteiger partial charge on any atom is 0.144 e. The van der Waals surface area contributed by atoms with Gasteiger partial charge in [0.2, 0.25) is 0 Å². The van der Waals surface area contributed by atoms with E-state index in [-0.39, 0.29) is 0 Å². The third-order valence-electron chi connectivity index (χ3n) is 0.913. The van der Waals surface area contributed by atoms with Gasteiger partial charge in [-0.1, -0.05) is 18.2 Å². The normalized spacial score (nSPS) is 13.3. The van der Waals surface area contributed by atoms with E-state index in [4.69, 9.17) is 5.21 Å². The fraction of sp³-hybridized carbons (Fsp3) is 0.286. The Balaban J connectivity index is 3.85. The van der Waals surface area contributed by atoms with Gasteiger partial charge in [0, 0.05) is 7.05 Å². The van der Waals surface area contributed by atoms with Gasteiger partial charge in [0.25, 0.3) is 0 Å². The molecule has 2 N–H and O–H groups in total. The fourth-order valence-electron chi connectivity index (χ4n) is 0.420. The highest BCUT2D eigenvalue weighted by Crippen LogP contribution is 1.78. The summed E-state index contributed by atoms with van der Waals surface area (Å²) in [5.74, 6) is 0.443. The van der Waals surface area contributed by atoms with E-state index in [2.05, 4.69) is 4.99 Å². The number of aliphatic imine (C=N–C) groups is 1. The second kappa shape index (κ2) is 6.04. The van der Waals surface area contributed by atoms with Crippen LogP contribution in [0, 0.1) is 0 Å². The van der Waals surface area contributed by atoms with E-state index in [9.17, 15) is 0 Å². The summed E-state index contributed by atoms with van der Waals surface area (Å²) in [4.78, 5) is 3.71. The Morgan fingerprint density at radius 3 is 2.60 bits per heavy atom. The van der Waals surface area contributed by atoms with Gasteiger partial charge in [-0.3, -0.25) is 15.7 Å². The molecule has 0 unspecified atom stereocenters. The molecule has 10 heavy (non-hydrogen) atoms. The Morgan fingerprint density at radius 1 is 1.50 bits per heavy atom. The van der Waals surface area contributed by atoms with E-state index in [1.54, 1.807) is 19.2 Å². The SMILES string of the molecule is C/C=C\C=C/C(=NC)NO. The van der Waals surface area contributed by atoms with E-state index in [1.165, 1.54) is 0 Å². The van der Waals surface area contributed by atoms with Crippen LogP contribution in [-0.2, 0) is 0 Å². The number of hydroxylamine groups is 1. The van der Waals surface area contributed by atoms with Crippen LogP contribution < -0.4 is 5.48 Å². The van der Waals surface area contributed by atoms with Crippen molar-refractivity contribution in [1.82, 2.24) is 5.48 Å². The summed E-state index contributed by atoms with van der Waals surface area (Å²) >= 11 is 0. The van der Waals surface area contributed by atoms with Crippen molar-refractivity contribution in [3.05, 3.63) is 24.3 Å². The van der Waals surface area contributed by atoms with Crippen molar-refractivity contribution in [2.45, 2.75) is 6.92 Å². The molecule has 56 valence electrons. The van der Waals surface area contributed by atoms with Gasteiger partial charge in [-0.2, -0.15) is 0 Å². The van der Waals surface area contributed by atoms with Crippen LogP contribution in [0.4, 0.5) is 0 Å². The highest BCUT2D eigenvalue weighted by Gasteiger charge is 1.81. The molecule has 0 fully saturated rings. The molecule has 0 aliphatic heterocycles. The van der Waals surface area contributed by atoms with E-state index in [0.29, 0.717) is 5.84 Å². The largest absolute Gasteiger partial charge is 0.290 e. The Kier molecular flexibility index (Phi) is 5.38. The summed E-state index contributed by atoms with van der Waals surface area (Å²) in [7, 11) is 1.60. The monoisotopic (exact) mass is 140 g/mol. The Labute approximate surface area is 60.7 Å². The number of hydrogen-bond acceptors (Lipinski definition) is 2. The van der Waals surface area contributed by atoms with Crippen molar-refractivity contribution >= 4 is 5.84 Å². The zero-order valence-electron chi connectivity index (χ0n) is 6.20. The minimum absolute atomic E-state index is 0.443. The smallest absolute Gasteiger partial charge is 0.144 e. The molecule has 0 aromatic heterocycles. The van der Waals surface area contributed by atoms with Gasteiger partial charge in [0.15, 0.2) is 0 Å². The number of allylic oxidation sites excluding steroid dienone is 3. The topological polar surface area (TPSA) is 44.6 Å². The zero-order chi connectivity index (χ0) is 7.82. The standard InChI is InChI=1S/C7H12N2O/c1-3-4-5-6-7(8-2)9-10/h3-6,10H,1-2H3,(H,8,9)/b4-3-,6-5-. The van der Waals surface area contributed by atoms with E-state index >= 15 is 0 Å². The maximum absolute atomic E-state index is 8.37. The van der Waals surface area contributed by atoms with Gasteiger partial charge in [-0.15, -0.1) is 0 Å². The Bertz CT molecular complexity index is 159. The van der Waals surface area contributed by atoms with Gasteiger partial charge in [0.1, 0.15) is 5.84 Å². The molecular weight excluding hydrogens is 128 g/mol. The molecule has 0 rings (SSSR count). The predicted molar refractivity (Wildman–Crippen MR) is 42.2 cm³/mol. The number of amidine groups is 1. The van der Waals surface area contributed by atoms with Crippen LogP contribution in [0.5, 0.6) is 0 Å². The molecule has 3 nitrogen and oxygen atoms in total. The fourth-order valence-corrected chi connectivity index (χ4v) is 0.420. The molecule has 0 atom stereocenters. The summed E-state index contributed by atoms with van der Waals surface area (Å²) in [5, 5.41) is 8.37. The molecule has 0 radical (unpaired) electrons. The molecule has 3 heteroatoms. The van der Waals surface area contributed by atoms with Crippen molar-refractivity contribution in [2.24, 2.45) is 4.99 Å². The summed E-state index contributed by atoms with van der Waals surface area (Å²) in [5.41, 5.74) is 1.94. The average molecular weight is 140 g/mol. The van der Waals surface area contributed by atoms with Crippen LogP contribution in [0.15, 0.2) is 29.3 Å². The lowest BCUT2D eigenvalue weighted by molar-refractivity contribution is 0.235. The minimum Gasteiger partial charge on any atom is -0.290 e. The highest BCUT2D eigenvalue weighted by atomic mass is 16.5. The molecule has 0 spiro atoms. The Morgan fingerprint density at radius 2 is 2.20 bits per heavy atom. The first-order chi connectivity index (χ1) is 4.85. The lowest BCUT2D eigenvalue weighted by Crippen LogP contribution is -2.15. The molecular formula is C7H12N2O. The van der Waals surface area contributed by atoms with Crippen LogP contribution in [-0.4, -0.2) is 18.1 Å². The molecule has 0 saturated carbocycles. The van der Waals surface area contributed by atoms with Gasteiger partial charge in [-0.05, 0) is 13.0 Å². The van der Waals surface area contributed by atoms with E-state index in [0.717, 1.165) is 0 Å². The lowest BCUT2D eigenvalue weighted by atomic mass is 10.4. The number of nitrogens with one attached hydrogen (secondary N) is 1. The first-order valence-electron chi connectivity index (χ1n) is 3.01. The molecule has 0 amide bonds. The molecule has 0 aromatic carbocycles. The average Bonchev–Trinajstić information content (AvgIpc) is 1.99. The van der Waals surface area contributed by atoms with Crippen LogP contribution >= 0.6 is 0 Å².